The third-order valence-electron chi connectivity index (χ3n) is 4.70. The average Bonchev–Trinajstić information content (AvgIpc) is 2.67. The molecule has 0 atom stereocenters. The van der Waals surface area contributed by atoms with Crippen molar-refractivity contribution in [1.29, 1.82) is 0 Å². The molecule has 0 spiro atoms. The van der Waals surface area contributed by atoms with Gasteiger partial charge in [0.15, 0.2) is 0 Å². The van der Waals surface area contributed by atoms with Crippen LogP contribution in [0.4, 0.5) is 0 Å². The topological polar surface area (TPSA) is 75.6 Å². The molecule has 0 rings (SSSR count). The lowest BCUT2D eigenvalue weighted by Gasteiger charge is -2.05. The number of carboxylic acids is 1. The summed E-state index contributed by atoms with van der Waals surface area (Å²) in [4.78, 5) is 21.9. The fourth-order valence-electron chi connectivity index (χ4n) is 2.97. The molecule has 0 saturated heterocycles. The number of hydrogen-bond acceptors (Lipinski definition) is 4. The van der Waals surface area contributed by atoms with E-state index in [0.717, 1.165) is 12.8 Å². The second-order valence-corrected chi connectivity index (χ2v) is 7.45. The summed E-state index contributed by atoms with van der Waals surface area (Å²) in [7, 11) is 0. The zero-order chi connectivity index (χ0) is 20.7. The van der Waals surface area contributed by atoms with E-state index in [2.05, 4.69) is 24.4 Å². The van der Waals surface area contributed by atoms with Gasteiger partial charge in [-0.3, -0.25) is 9.59 Å². The van der Waals surface area contributed by atoms with Gasteiger partial charge in [0.25, 0.3) is 0 Å². The number of carboxylic acid groups (broad SMARTS) is 1. The number of nitrogens with one attached hydrogen (secondary N) is 1. The second kappa shape index (κ2) is 21.9. The van der Waals surface area contributed by atoms with Crippen LogP contribution in [0.25, 0.3) is 0 Å². The SMILES string of the molecule is CCCCCCCC/C=C\CCCCCCCC(=O)OCCNCCC(=O)O. The molecule has 5 nitrogen and oxygen atoms in total. The Morgan fingerprint density at radius 3 is 1.96 bits per heavy atom. The van der Waals surface area contributed by atoms with Crippen LogP contribution in [0.3, 0.4) is 0 Å². The Labute approximate surface area is 172 Å². The van der Waals surface area contributed by atoms with Crippen LogP contribution in [-0.4, -0.2) is 36.7 Å². The summed E-state index contributed by atoms with van der Waals surface area (Å²) in [6.07, 6.45) is 21.4. The van der Waals surface area contributed by atoms with Crippen LogP contribution in [0, 0.1) is 0 Å². The molecule has 164 valence electrons. The molecule has 0 aromatic heterocycles. The van der Waals surface area contributed by atoms with E-state index in [0.29, 0.717) is 26.1 Å². The maximum absolute atomic E-state index is 11.6. The summed E-state index contributed by atoms with van der Waals surface area (Å²) in [5, 5.41) is 11.4. The van der Waals surface area contributed by atoms with Crippen molar-refractivity contribution >= 4 is 11.9 Å². The lowest BCUT2D eigenvalue weighted by molar-refractivity contribution is -0.143. The molecule has 0 fully saturated rings. The van der Waals surface area contributed by atoms with Crippen molar-refractivity contribution in [3.8, 4) is 0 Å². The average molecular weight is 398 g/mol. The zero-order valence-corrected chi connectivity index (χ0v) is 18.1. The van der Waals surface area contributed by atoms with Crippen molar-refractivity contribution in [1.82, 2.24) is 5.32 Å². The molecule has 0 amide bonds. The highest BCUT2D eigenvalue weighted by Gasteiger charge is 2.02. The molecule has 0 aromatic carbocycles. The van der Waals surface area contributed by atoms with Gasteiger partial charge in [0.05, 0.1) is 6.42 Å². The smallest absolute Gasteiger partial charge is 0.305 e. The first-order valence-corrected chi connectivity index (χ1v) is 11.4. The lowest BCUT2D eigenvalue weighted by atomic mass is 10.1. The van der Waals surface area contributed by atoms with Gasteiger partial charge in [-0.2, -0.15) is 0 Å². The van der Waals surface area contributed by atoms with Crippen molar-refractivity contribution in [2.24, 2.45) is 0 Å². The van der Waals surface area contributed by atoms with Crippen molar-refractivity contribution in [2.75, 3.05) is 19.7 Å². The Morgan fingerprint density at radius 2 is 1.36 bits per heavy atom. The van der Waals surface area contributed by atoms with Crippen molar-refractivity contribution < 1.29 is 19.4 Å². The molecule has 5 heteroatoms. The van der Waals surface area contributed by atoms with Crippen LogP contribution < -0.4 is 5.32 Å². The molecule has 0 aromatic rings. The second-order valence-electron chi connectivity index (χ2n) is 7.45. The van der Waals surface area contributed by atoms with Gasteiger partial charge in [-0.25, -0.2) is 0 Å². The Balaban J connectivity index is 3.22. The minimum absolute atomic E-state index is 0.0862. The predicted octanol–water partition coefficient (Wildman–Crippen LogP) is 5.63. The highest BCUT2D eigenvalue weighted by Crippen LogP contribution is 2.10. The number of carbonyl (C=O) groups excluding carboxylic acids is 1. The molecule has 0 aliphatic rings. The molecule has 0 bridgehead atoms. The molecule has 0 aliphatic heterocycles. The van der Waals surface area contributed by atoms with Crippen molar-refractivity contribution in [2.45, 2.75) is 103 Å². The van der Waals surface area contributed by atoms with E-state index in [4.69, 9.17) is 9.84 Å². The van der Waals surface area contributed by atoms with Gasteiger partial charge in [0.1, 0.15) is 6.61 Å². The molecule has 0 saturated carbocycles. The molecule has 0 unspecified atom stereocenters. The Bertz CT molecular complexity index is 396. The third kappa shape index (κ3) is 22.7. The monoisotopic (exact) mass is 397 g/mol. The predicted molar refractivity (Wildman–Crippen MR) is 116 cm³/mol. The minimum atomic E-state index is -0.825. The van der Waals surface area contributed by atoms with Crippen LogP contribution in [-0.2, 0) is 14.3 Å². The third-order valence-corrected chi connectivity index (χ3v) is 4.70. The molecule has 0 heterocycles. The largest absolute Gasteiger partial charge is 0.481 e. The van der Waals surface area contributed by atoms with Crippen LogP contribution in [0.15, 0.2) is 12.2 Å². The Morgan fingerprint density at radius 1 is 0.786 bits per heavy atom. The summed E-state index contributed by atoms with van der Waals surface area (Å²) in [5.74, 6) is -0.980. The summed E-state index contributed by atoms with van der Waals surface area (Å²) < 4.78 is 5.11. The first kappa shape index (κ1) is 26.6. The van der Waals surface area contributed by atoms with E-state index in [9.17, 15) is 9.59 Å². The van der Waals surface area contributed by atoms with Gasteiger partial charge in [0.2, 0.25) is 0 Å². The lowest BCUT2D eigenvalue weighted by Crippen LogP contribution is -2.23. The van der Waals surface area contributed by atoms with Gasteiger partial charge in [-0.1, -0.05) is 70.4 Å². The molecular formula is C23H43NO4. The molecule has 0 radical (unpaired) electrons. The summed E-state index contributed by atoms with van der Waals surface area (Å²) in [6.45, 7) is 3.47. The number of carbonyl (C=O) groups is 2. The van der Waals surface area contributed by atoms with Crippen molar-refractivity contribution in [3.05, 3.63) is 12.2 Å². The van der Waals surface area contributed by atoms with Gasteiger partial charge < -0.3 is 15.2 Å². The maximum atomic E-state index is 11.6. The fraction of sp³-hybridized carbons (Fsp3) is 0.826. The molecule has 28 heavy (non-hydrogen) atoms. The normalized spacial score (nSPS) is 11.2. The molecule has 2 N–H and O–H groups in total. The van der Waals surface area contributed by atoms with Gasteiger partial charge in [-0.05, 0) is 32.1 Å². The number of aliphatic carboxylic acids is 1. The maximum Gasteiger partial charge on any atom is 0.305 e. The first-order valence-electron chi connectivity index (χ1n) is 11.4. The van der Waals surface area contributed by atoms with E-state index < -0.39 is 5.97 Å². The summed E-state index contributed by atoms with van der Waals surface area (Å²) in [6, 6.07) is 0. The number of esters is 1. The quantitative estimate of drug-likeness (QED) is 0.149. The van der Waals surface area contributed by atoms with E-state index >= 15 is 0 Å². The number of rotatable bonds is 21. The van der Waals surface area contributed by atoms with E-state index in [1.807, 2.05) is 0 Å². The van der Waals surface area contributed by atoms with E-state index in [1.54, 1.807) is 0 Å². The molecular weight excluding hydrogens is 354 g/mol. The van der Waals surface area contributed by atoms with Gasteiger partial charge in [-0.15, -0.1) is 0 Å². The van der Waals surface area contributed by atoms with E-state index in [1.165, 1.54) is 70.6 Å². The molecule has 0 aliphatic carbocycles. The standard InChI is InChI=1S/C23H43NO4/c1-2-3-4-5-6-7-8-9-10-11-12-13-14-15-16-17-23(27)28-21-20-24-19-18-22(25)26/h9-10,24H,2-8,11-21H2,1H3,(H,25,26)/b10-9-. The number of ether oxygens (including phenoxy) is 1. The summed E-state index contributed by atoms with van der Waals surface area (Å²) in [5.41, 5.74) is 0. The number of hydrogen-bond donors (Lipinski definition) is 2. The Hall–Kier alpha value is -1.36. The van der Waals surface area contributed by atoms with Gasteiger partial charge in [0, 0.05) is 19.5 Å². The van der Waals surface area contributed by atoms with Crippen molar-refractivity contribution in [3.63, 3.8) is 0 Å². The zero-order valence-electron chi connectivity index (χ0n) is 18.1. The highest BCUT2D eigenvalue weighted by atomic mass is 16.5. The first-order chi connectivity index (χ1) is 13.7. The minimum Gasteiger partial charge on any atom is -0.481 e. The fourth-order valence-corrected chi connectivity index (χ4v) is 2.97. The van der Waals surface area contributed by atoms with Crippen LogP contribution in [0.5, 0.6) is 0 Å². The number of unbranched alkanes of at least 4 members (excludes halogenated alkanes) is 11. The number of allylic oxidation sites excluding steroid dienone is 2. The van der Waals surface area contributed by atoms with Crippen LogP contribution in [0.2, 0.25) is 0 Å². The Kier molecular flexibility index (Phi) is 20.9. The van der Waals surface area contributed by atoms with E-state index in [-0.39, 0.29) is 12.4 Å². The highest BCUT2D eigenvalue weighted by molar-refractivity contribution is 5.69. The van der Waals surface area contributed by atoms with Gasteiger partial charge >= 0.3 is 11.9 Å². The van der Waals surface area contributed by atoms with Crippen LogP contribution in [0.1, 0.15) is 103 Å². The summed E-state index contributed by atoms with van der Waals surface area (Å²) >= 11 is 0. The van der Waals surface area contributed by atoms with Crippen LogP contribution >= 0.6 is 0 Å².